The molecular formula is C22H35IN6O4. The second kappa shape index (κ2) is 13.7. The summed E-state index contributed by atoms with van der Waals surface area (Å²) in [6.45, 7) is 9.38. The first-order valence-corrected chi connectivity index (χ1v) is 11.3. The molecule has 0 aliphatic carbocycles. The highest BCUT2D eigenvalue weighted by molar-refractivity contribution is 14.0. The number of hydrogen-bond acceptors (Lipinski definition) is 6. The summed E-state index contributed by atoms with van der Waals surface area (Å²) in [6.07, 6.45) is 2.32. The second-order valence-corrected chi connectivity index (χ2v) is 8.56. The van der Waals surface area contributed by atoms with Crippen molar-refractivity contribution in [2.75, 3.05) is 45.9 Å². The molecule has 0 spiro atoms. The van der Waals surface area contributed by atoms with Gasteiger partial charge >= 0.3 is 0 Å². The first kappa shape index (κ1) is 27.3. The van der Waals surface area contributed by atoms with Crippen LogP contribution >= 0.6 is 24.0 Å². The Labute approximate surface area is 212 Å². The van der Waals surface area contributed by atoms with Crippen LogP contribution in [0.15, 0.2) is 29.3 Å². The fraction of sp³-hybridized carbons (Fsp3) is 0.636. The van der Waals surface area contributed by atoms with Crippen LogP contribution in [0.1, 0.15) is 32.3 Å². The summed E-state index contributed by atoms with van der Waals surface area (Å²) in [6, 6.07) is 6.63. The van der Waals surface area contributed by atoms with Gasteiger partial charge in [0.2, 0.25) is 5.91 Å². The molecule has 2 aliphatic heterocycles. The molecule has 0 radical (unpaired) electrons. The number of aliphatic imine (C=N–C) groups is 1. The molecule has 11 heteroatoms. The van der Waals surface area contributed by atoms with Crippen LogP contribution in [0.5, 0.6) is 0 Å². The third-order valence-electron chi connectivity index (χ3n) is 5.56. The summed E-state index contributed by atoms with van der Waals surface area (Å²) in [5.41, 5.74) is 0.989. The number of nitrogens with one attached hydrogen (secondary N) is 2. The number of hydrogen-bond donors (Lipinski definition) is 2. The van der Waals surface area contributed by atoms with Crippen LogP contribution in [0, 0.1) is 10.1 Å². The summed E-state index contributed by atoms with van der Waals surface area (Å²) in [5.74, 6) is 0.863. The van der Waals surface area contributed by atoms with E-state index in [4.69, 9.17) is 9.73 Å². The molecule has 0 aromatic heterocycles. The maximum absolute atomic E-state index is 12.1. The molecular weight excluding hydrogens is 539 g/mol. The largest absolute Gasteiger partial charge is 0.376 e. The summed E-state index contributed by atoms with van der Waals surface area (Å²) in [7, 11) is 0. The molecule has 1 aromatic rings. The number of non-ortho nitro benzene ring substituents is 1. The number of piperazine rings is 1. The second-order valence-electron chi connectivity index (χ2n) is 8.56. The van der Waals surface area contributed by atoms with Crippen LogP contribution in [0.3, 0.4) is 0 Å². The minimum absolute atomic E-state index is 0. The van der Waals surface area contributed by atoms with Crippen molar-refractivity contribution in [2.24, 2.45) is 4.99 Å². The molecule has 184 valence electrons. The monoisotopic (exact) mass is 574 g/mol. The zero-order valence-corrected chi connectivity index (χ0v) is 21.7. The van der Waals surface area contributed by atoms with Gasteiger partial charge in [-0.15, -0.1) is 24.0 Å². The summed E-state index contributed by atoms with van der Waals surface area (Å²) >= 11 is 0. The maximum Gasteiger partial charge on any atom is 0.269 e. The average Bonchev–Trinajstić information content (AvgIpc) is 3.28. The van der Waals surface area contributed by atoms with Crippen LogP contribution < -0.4 is 10.6 Å². The molecule has 1 unspecified atom stereocenters. The van der Waals surface area contributed by atoms with Crippen molar-refractivity contribution in [3.8, 4) is 0 Å². The summed E-state index contributed by atoms with van der Waals surface area (Å²) < 4.78 is 5.73. The van der Waals surface area contributed by atoms with Gasteiger partial charge in [0, 0.05) is 57.5 Å². The number of carbonyl (C=O) groups is 1. The van der Waals surface area contributed by atoms with Crippen molar-refractivity contribution >= 4 is 41.5 Å². The van der Waals surface area contributed by atoms with E-state index >= 15 is 0 Å². The van der Waals surface area contributed by atoms with E-state index in [2.05, 4.69) is 20.4 Å². The lowest BCUT2D eigenvalue weighted by Gasteiger charge is -2.36. The van der Waals surface area contributed by atoms with Gasteiger partial charge in [0.15, 0.2) is 5.96 Å². The third kappa shape index (κ3) is 9.05. The molecule has 1 atom stereocenters. The van der Waals surface area contributed by atoms with Crippen molar-refractivity contribution in [1.82, 2.24) is 20.4 Å². The van der Waals surface area contributed by atoms with Crippen molar-refractivity contribution in [3.63, 3.8) is 0 Å². The van der Waals surface area contributed by atoms with Crippen molar-refractivity contribution < 1.29 is 14.5 Å². The highest BCUT2D eigenvalue weighted by atomic mass is 127. The summed E-state index contributed by atoms with van der Waals surface area (Å²) in [5, 5.41) is 17.3. The Bertz CT molecular complexity index is 791. The van der Waals surface area contributed by atoms with Crippen LogP contribution in [0.2, 0.25) is 0 Å². The highest BCUT2D eigenvalue weighted by Gasteiger charge is 2.23. The van der Waals surface area contributed by atoms with Crippen molar-refractivity contribution in [1.29, 1.82) is 0 Å². The summed E-state index contributed by atoms with van der Waals surface area (Å²) in [4.78, 5) is 31.7. The molecule has 0 bridgehead atoms. The molecule has 33 heavy (non-hydrogen) atoms. The lowest BCUT2D eigenvalue weighted by atomic mass is 10.2. The lowest BCUT2D eigenvalue weighted by Crippen LogP contribution is -2.55. The number of carbonyl (C=O) groups excluding carboxylic acids is 1. The minimum Gasteiger partial charge on any atom is -0.376 e. The van der Waals surface area contributed by atoms with E-state index in [1.54, 1.807) is 12.1 Å². The average molecular weight is 574 g/mol. The fourth-order valence-corrected chi connectivity index (χ4v) is 3.86. The standard InChI is InChI=1S/C22H34N6O4.HI/c1-17(2)25-21(29)16-26-9-11-27(12-10-26)22(24-15-20-4-3-13-32-20)23-14-18-5-7-19(8-6-18)28(30)31;/h5-8,17,20H,3-4,9-16H2,1-2H3,(H,23,24)(H,25,29);1H. The van der Waals surface area contributed by atoms with E-state index in [9.17, 15) is 14.9 Å². The smallest absolute Gasteiger partial charge is 0.269 e. The number of benzene rings is 1. The Balaban J connectivity index is 0.00000385. The van der Waals surface area contributed by atoms with Gasteiger partial charge in [0.05, 0.1) is 24.1 Å². The van der Waals surface area contributed by atoms with E-state index < -0.39 is 4.92 Å². The normalized spacial score (nSPS) is 19.3. The van der Waals surface area contributed by atoms with Crippen LogP contribution in [-0.4, -0.2) is 84.6 Å². The maximum atomic E-state index is 12.1. The molecule has 10 nitrogen and oxygen atoms in total. The topological polar surface area (TPSA) is 112 Å². The van der Waals surface area contributed by atoms with E-state index in [0.717, 1.165) is 57.2 Å². The zero-order chi connectivity index (χ0) is 22.9. The lowest BCUT2D eigenvalue weighted by molar-refractivity contribution is -0.384. The molecule has 1 amide bonds. The van der Waals surface area contributed by atoms with E-state index in [-0.39, 0.29) is 47.7 Å². The first-order chi connectivity index (χ1) is 15.4. The Morgan fingerprint density at radius 3 is 2.52 bits per heavy atom. The SMILES string of the molecule is CC(C)NC(=O)CN1CCN(C(=NCc2ccc([N+](=O)[O-])cc2)NCC2CCCO2)CC1.I. The van der Waals surface area contributed by atoms with Gasteiger partial charge in [-0.25, -0.2) is 4.99 Å². The quantitative estimate of drug-likeness (QED) is 0.161. The molecule has 2 fully saturated rings. The van der Waals surface area contributed by atoms with E-state index in [1.165, 1.54) is 12.1 Å². The number of nitro benzene ring substituents is 1. The van der Waals surface area contributed by atoms with Gasteiger partial charge in [-0.2, -0.15) is 0 Å². The van der Waals surface area contributed by atoms with Gasteiger partial charge in [0.25, 0.3) is 5.69 Å². The number of nitro groups is 1. The van der Waals surface area contributed by atoms with Crippen LogP contribution in [0.25, 0.3) is 0 Å². The van der Waals surface area contributed by atoms with Crippen LogP contribution in [0.4, 0.5) is 5.69 Å². The molecule has 2 aliphatic rings. The van der Waals surface area contributed by atoms with Crippen molar-refractivity contribution in [2.45, 2.75) is 45.4 Å². The number of amides is 1. The van der Waals surface area contributed by atoms with Gasteiger partial charge < -0.3 is 20.3 Å². The fourth-order valence-electron chi connectivity index (χ4n) is 3.86. The Morgan fingerprint density at radius 2 is 1.94 bits per heavy atom. The van der Waals surface area contributed by atoms with Gasteiger partial charge in [-0.05, 0) is 32.3 Å². The Morgan fingerprint density at radius 1 is 1.24 bits per heavy atom. The Hall–Kier alpha value is -1.99. The van der Waals surface area contributed by atoms with Gasteiger partial charge in [-0.1, -0.05) is 12.1 Å². The predicted octanol–water partition coefficient (Wildman–Crippen LogP) is 1.98. The minimum atomic E-state index is -0.400. The molecule has 3 rings (SSSR count). The van der Waals surface area contributed by atoms with Gasteiger partial charge in [0.1, 0.15) is 0 Å². The first-order valence-electron chi connectivity index (χ1n) is 11.3. The predicted molar refractivity (Wildman–Crippen MR) is 138 cm³/mol. The molecule has 0 saturated carbocycles. The van der Waals surface area contributed by atoms with Crippen molar-refractivity contribution in [3.05, 3.63) is 39.9 Å². The number of nitrogens with zero attached hydrogens (tertiary/aromatic N) is 4. The highest BCUT2D eigenvalue weighted by Crippen LogP contribution is 2.14. The number of ether oxygens (including phenoxy) is 1. The zero-order valence-electron chi connectivity index (χ0n) is 19.4. The molecule has 2 heterocycles. The van der Waals surface area contributed by atoms with Crippen LogP contribution in [-0.2, 0) is 16.1 Å². The van der Waals surface area contributed by atoms with E-state index in [1.807, 2.05) is 13.8 Å². The molecule has 1 aromatic carbocycles. The Kier molecular flexibility index (Phi) is 11.3. The number of guanidine groups is 1. The molecule has 2 saturated heterocycles. The van der Waals surface area contributed by atoms with E-state index in [0.29, 0.717) is 19.6 Å². The van der Waals surface area contributed by atoms with Gasteiger partial charge in [-0.3, -0.25) is 19.8 Å². The molecule has 2 N–H and O–H groups in total. The number of rotatable bonds is 8. The third-order valence-corrected chi connectivity index (χ3v) is 5.56. The number of halogens is 1.